The zero-order valence-corrected chi connectivity index (χ0v) is 11.2. The maximum atomic E-state index is 12.2. The molecule has 2 N–H and O–H groups in total. The molecule has 0 aliphatic rings. The Bertz CT molecular complexity index is 697. The minimum Gasteiger partial charge on any atom is -0.383 e. The normalized spacial score (nSPS) is 11.1. The minimum absolute atomic E-state index is 0.314. The number of H-pyrrole nitrogens is 1. The fraction of sp³-hybridized carbons (Fsp3) is 0.545. The van der Waals surface area contributed by atoms with Gasteiger partial charge in [-0.3, -0.25) is 13.9 Å². The first-order valence-electron chi connectivity index (χ1n) is 6.04. The first-order valence-corrected chi connectivity index (χ1v) is 6.04. The average Bonchev–Trinajstić information content (AvgIpc) is 2.83. The first-order chi connectivity index (χ1) is 9.13. The molecule has 0 spiro atoms. The lowest BCUT2D eigenvalue weighted by molar-refractivity contribution is 0.186. The SMILES string of the molecule is CCn1c(=O)c2[nH]c(NC)nc2n(CCOC)c1=O. The summed E-state index contributed by atoms with van der Waals surface area (Å²) in [6, 6.07) is 0. The number of nitrogens with zero attached hydrogens (tertiary/aromatic N) is 3. The minimum atomic E-state index is -0.369. The third-order valence-electron chi connectivity index (χ3n) is 2.93. The highest BCUT2D eigenvalue weighted by atomic mass is 16.5. The maximum absolute atomic E-state index is 12.2. The fourth-order valence-electron chi connectivity index (χ4n) is 1.95. The summed E-state index contributed by atoms with van der Waals surface area (Å²) in [6.07, 6.45) is 0. The first kappa shape index (κ1) is 13.3. The van der Waals surface area contributed by atoms with Crippen LogP contribution in [-0.2, 0) is 17.8 Å². The lowest BCUT2D eigenvalue weighted by Gasteiger charge is -2.08. The Labute approximate surface area is 109 Å². The van der Waals surface area contributed by atoms with Crippen molar-refractivity contribution >= 4 is 17.1 Å². The molecule has 0 radical (unpaired) electrons. The van der Waals surface area contributed by atoms with Crippen LogP contribution in [0.1, 0.15) is 6.92 Å². The number of ether oxygens (including phenoxy) is 1. The van der Waals surface area contributed by atoms with Crippen molar-refractivity contribution in [3.05, 3.63) is 20.8 Å². The van der Waals surface area contributed by atoms with Crippen LogP contribution >= 0.6 is 0 Å². The van der Waals surface area contributed by atoms with Gasteiger partial charge in [0, 0.05) is 20.7 Å². The summed E-state index contributed by atoms with van der Waals surface area (Å²) in [4.78, 5) is 31.5. The second-order valence-electron chi connectivity index (χ2n) is 4.01. The summed E-state index contributed by atoms with van der Waals surface area (Å²) in [7, 11) is 3.25. The van der Waals surface area contributed by atoms with E-state index in [0.717, 1.165) is 0 Å². The number of hydrogen-bond acceptors (Lipinski definition) is 5. The largest absolute Gasteiger partial charge is 0.383 e. The molecule has 0 aromatic carbocycles. The molecule has 8 nitrogen and oxygen atoms in total. The van der Waals surface area contributed by atoms with Gasteiger partial charge in [-0.15, -0.1) is 0 Å². The van der Waals surface area contributed by atoms with Gasteiger partial charge in [0.15, 0.2) is 11.2 Å². The van der Waals surface area contributed by atoms with Crippen molar-refractivity contribution in [3.8, 4) is 0 Å². The summed E-state index contributed by atoms with van der Waals surface area (Å²) < 4.78 is 7.61. The van der Waals surface area contributed by atoms with Gasteiger partial charge in [0.2, 0.25) is 5.95 Å². The monoisotopic (exact) mass is 267 g/mol. The van der Waals surface area contributed by atoms with E-state index in [1.54, 1.807) is 21.1 Å². The summed E-state index contributed by atoms with van der Waals surface area (Å²) in [5.74, 6) is 0.450. The van der Waals surface area contributed by atoms with E-state index in [2.05, 4.69) is 15.3 Å². The van der Waals surface area contributed by atoms with Crippen molar-refractivity contribution in [2.75, 3.05) is 26.1 Å². The van der Waals surface area contributed by atoms with Crippen LogP contribution in [-0.4, -0.2) is 39.9 Å². The average molecular weight is 267 g/mol. The number of fused-ring (bicyclic) bond motifs is 1. The fourth-order valence-corrected chi connectivity index (χ4v) is 1.95. The van der Waals surface area contributed by atoms with E-state index in [4.69, 9.17) is 4.74 Å². The van der Waals surface area contributed by atoms with Crippen molar-refractivity contribution in [2.45, 2.75) is 20.0 Å². The van der Waals surface area contributed by atoms with Crippen molar-refractivity contribution < 1.29 is 4.74 Å². The molecule has 0 saturated carbocycles. The molecule has 104 valence electrons. The second-order valence-corrected chi connectivity index (χ2v) is 4.01. The molecular weight excluding hydrogens is 250 g/mol. The lowest BCUT2D eigenvalue weighted by atomic mass is 10.5. The van der Waals surface area contributed by atoms with E-state index < -0.39 is 0 Å². The molecule has 0 amide bonds. The van der Waals surface area contributed by atoms with Gasteiger partial charge in [-0.1, -0.05) is 0 Å². The number of aromatic amines is 1. The van der Waals surface area contributed by atoms with Crippen LogP contribution in [0.5, 0.6) is 0 Å². The topological polar surface area (TPSA) is 93.9 Å². The van der Waals surface area contributed by atoms with E-state index in [-0.39, 0.29) is 11.2 Å². The van der Waals surface area contributed by atoms with E-state index in [1.165, 1.54) is 9.13 Å². The zero-order chi connectivity index (χ0) is 14.0. The van der Waals surface area contributed by atoms with E-state index in [9.17, 15) is 9.59 Å². The molecular formula is C11H17N5O3. The van der Waals surface area contributed by atoms with E-state index in [1.807, 2.05) is 0 Å². The molecule has 0 fully saturated rings. The number of aromatic nitrogens is 4. The Hall–Kier alpha value is -2.09. The molecule has 2 heterocycles. The summed E-state index contributed by atoms with van der Waals surface area (Å²) >= 11 is 0. The molecule has 0 unspecified atom stereocenters. The number of nitrogens with one attached hydrogen (secondary N) is 2. The van der Waals surface area contributed by atoms with Gasteiger partial charge >= 0.3 is 5.69 Å². The molecule has 0 aliphatic carbocycles. The van der Waals surface area contributed by atoms with Gasteiger partial charge in [-0.2, -0.15) is 4.98 Å². The number of imidazole rings is 1. The molecule has 2 aromatic heterocycles. The van der Waals surface area contributed by atoms with Crippen LogP contribution < -0.4 is 16.6 Å². The van der Waals surface area contributed by atoms with Crippen molar-refractivity contribution in [1.29, 1.82) is 0 Å². The number of rotatable bonds is 5. The maximum Gasteiger partial charge on any atom is 0.332 e. The highest BCUT2D eigenvalue weighted by Gasteiger charge is 2.15. The van der Waals surface area contributed by atoms with Gasteiger partial charge in [0.05, 0.1) is 13.2 Å². The lowest BCUT2D eigenvalue weighted by Crippen LogP contribution is -2.40. The predicted octanol–water partition coefficient (Wildman–Crippen LogP) is -0.406. The number of hydrogen-bond donors (Lipinski definition) is 2. The van der Waals surface area contributed by atoms with Crippen molar-refractivity contribution in [3.63, 3.8) is 0 Å². The van der Waals surface area contributed by atoms with Crippen molar-refractivity contribution in [2.24, 2.45) is 0 Å². The van der Waals surface area contributed by atoms with Crippen LogP contribution in [0, 0.1) is 0 Å². The van der Waals surface area contributed by atoms with E-state index >= 15 is 0 Å². The van der Waals surface area contributed by atoms with Gasteiger partial charge in [-0.25, -0.2) is 4.79 Å². The number of anilines is 1. The standard InChI is InChI=1S/C11H17N5O3/c1-4-15-9(17)7-8(14-10(12-2)13-7)16(11(15)18)5-6-19-3/h4-6H2,1-3H3,(H2,12,13,14). The highest BCUT2D eigenvalue weighted by molar-refractivity contribution is 5.72. The van der Waals surface area contributed by atoms with E-state index in [0.29, 0.717) is 36.8 Å². The Morgan fingerprint density at radius 2 is 2.11 bits per heavy atom. The molecule has 8 heteroatoms. The second kappa shape index (κ2) is 5.27. The molecule has 0 aliphatic heterocycles. The smallest absolute Gasteiger partial charge is 0.332 e. The highest BCUT2D eigenvalue weighted by Crippen LogP contribution is 2.08. The van der Waals surface area contributed by atoms with Crippen LogP contribution in [0.3, 0.4) is 0 Å². The van der Waals surface area contributed by atoms with Crippen LogP contribution in [0.25, 0.3) is 11.2 Å². The van der Waals surface area contributed by atoms with Gasteiger partial charge in [0.1, 0.15) is 0 Å². The third-order valence-corrected chi connectivity index (χ3v) is 2.93. The van der Waals surface area contributed by atoms with Crippen molar-refractivity contribution in [1.82, 2.24) is 19.1 Å². The van der Waals surface area contributed by atoms with Crippen LogP contribution in [0.2, 0.25) is 0 Å². The zero-order valence-electron chi connectivity index (χ0n) is 11.2. The van der Waals surface area contributed by atoms with Gasteiger partial charge in [-0.05, 0) is 6.92 Å². The molecule has 2 aromatic rings. The summed E-state index contributed by atoms with van der Waals surface area (Å²) in [5.41, 5.74) is -0.0561. The van der Waals surface area contributed by atoms with Crippen LogP contribution in [0.15, 0.2) is 9.59 Å². The summed E-state index contributed by atoms with van der Waals surface area (Å²) in [5, 5.41) is 2.82. The molecule has 0 saturated heterocycles. The molecule has 0 atom stereocenters. The molecule has 2 rings (SSSR count). The Morgan fingerprint density at radius 1 is 1.37 bits per heavy atom. The molecule has 19 heavy (non-hydrogen) atoms. The Kier molecular flexibility index (Phi) is 3.70. The van der Waals surface area contributed by atoms with Gasteiger partial charge in [0.25, 0.3) is 5.56 Å². The quantitative estimate of drug-likeness (QED) is 0.768. The number of methoxy groups -OCH3 is 1. The van der Waals surface area contributed by atoms with Gasteiger partial charge < -0.3 is 15.0 Å². The predicted molar refractivity (Wildman–Crippen MR) is 71.7 cm³/mol. The van der Waals surface area contributed by atoms with Crippen LogP contribution in [0.4, 0.5) is 5.95 Å². The molecule has 0 bridgehead atoms. The Balaban J connectivity index is 2.79. The third kappa shape index (κ3) is 2.14. The Morgan fingerprint density at radius 3 is 2.68 bits per heavy atom. The summed E-state index contributed by atoms with van der Waals surface area (Å²) in [6.45, 7) is 2.79.